The number of nitrogens with one attached hydrogen (secondary N) is 2. The van der Waals surface area contributed by atoms with Crippen molar-refractivity contribution < 1.29 is 19.1 Å². The molecular formula is C32H46ClN3O4. The van der Waals surface area contributed by atoms with Crippen molar-refractivity contribution in [1.29, 1.82) is 0 Å². The van der Waals surface area contributed by atoms with Crippen molar-refractivity contribution >= 4 is 35.2 Å². The molecule has 40 heavy (non-hydrogen) atoms. The number of halogens is 1. The first-order valence-corrected chi connectivity index (χ1v) is 14.4. The van der Waals surface area contributed by atoms with Crippen molar-refractivity contribution in [2.45, 2.75) is 106 Å². The molecule has 2 aromatic carbocycles. The number of hydrogen-bond donors (Lipinski definition) is 2. The lowest BCUT2D eigenvalue weighted by Gasteiger charge is -2.40. The second kappa shape index (κ2) is 14.0. The van der Waals surface area contributed by atoms with E-state index in [2.05, 4.69) is 10.6 Å². The summed E-state index contributed by atoms with van der Waals surface area (Å²) in [5.74, 6) is -0.922. The lowest BCUT2D eigenvalue weighted by molar-refractivity contribution is -0.144. The molecule has 7 nitrogen and oxygen atoms in total. The summed E-state index contributed by atoms with van der Waals surface area (Å²) in [6.07, 6.45) is 0.570. The molecule has 2 aromatic rings. The second-order valence-electron chi connectivity index (χ2n) is 11.6. The Labute approximate surface area is 245 Å². The molecule has 0 aliphatic heterocycles. The van der Waals surface area contributed by atoms with E-state index in [0.717, 1.165) is 22.3 Å². The Morgan fingerprint density at radius 3 is 1.98 bits per heavy atom. The van der Waals surface area contributed by atoms with E-state index in [0.29, 0.717) is 23.6 Å². The van der Waals surface area contributed by atoms with Gasteiger partial charge in [0, 0.05) is 6.04 Å². The zero-order chi connectivity index (χ0) is 30.4. The highest BCUT2D eigenvalue weighted by atomic mass is 35.5. The van der Waals surface area contributed by atoms with Gasteiger partial charge in [0.2, 0.25) is 5.91 Å². The minimum atomic E-state index is -0.966. The Morgan fingerprint density at radius 2 is 1.48 bits per heavy atom. The zero-order valence-corrected chi connectivity index (χ0v) is 26.4. The summed E-state index contributed by atoms with van der Waals surface area (Å²) in [5, 5.41) is 6.26. The monoisotopic (exact) mass is 571 g/mol. The number of hydrogen-bond acceptors (Lipinski definition) is 4. The SMILES string of the molecule is CCC(C)C(NC(=O)OC(C)(C)C)C(=O)N(C(C)CC)C(C(=O)Nc1c(C)cccc1Cl)c1c(C)cccc1C. The third kappa shape index (κ3) is 8.23. The molecule has 0 saturated carbocycles. The van der Waals surface area contributed by atoms with Gasteiger partial charge in [-0.05, 0) is 89.1 Å². The molecule has 0 aromatic heterocycles. The zero-order valence-electron chi connectivity index (χ0n) is 25.6. The van der Waals surface area contributed by atoms with Crippen LogP contribution in [-0.4, -0.2) is 40.5 Å². The Morgan fingerprint density at radius 1 is 0.925 bits per heavy atom. The normalized spacial score (nSPS) is 14.5. The Balaban J connectivity index is 2.71. The molecule has 0 spiro atoms. The van der Waals surface area contributed by atoms with Gasteiger partial charge < -0.3 is 20.3 Å². The smallest absolute Gasteiger partial charge is 0.408 e. The van der Waals surface area contributed by atoms with E-state index in [4.69, 9.17) is 16.3 Å². The van der Waals surface area contributed by atoms with Gasteiger partial charge in [0.1, 0.15) is 17.7 Å². The molecule has 4 unspecified atom stereocenters. The summed E-state index contributed by atoms with van der Waals surface area (Å²) in [7, 11) is 0. The van der Waals surface area contributed by atoms with Gasteiger partial charge >= 0.3 is 6.09 Å². The number of anilines is 1. The van der Waals surface area contributed by atoms with Crippen molar-refractivity contribution in [2.75, 3.05) is 5.32 Å². The van der Waals surface area contributed by atoms with Crippen LogP contribution in [0.3, 0.4) is 0 Å². The summed E-state index contributed by atoms with van der Waals surface area (Å²) in [6, 6.07) is 9.05. The largest absolute Gasteiger partial charge is 0.444 e. The van der Waals surface area contributed by atoms with E-state index in [1.807, 2.05) is 78.8 Å². The van der Waals surface area contributed by atoms with E-state index >= 15 is 0 Å². The maximum Gasteiger partial charge on any atom is 0.408 e. The number of carbonyl (C=O) groups excluding carboxylic acids is 3. The van der Waals surface area contributed by atoms with Crippen molar-refractivity contribution in [2.24, 2.45) is 5.92 Å². The molecule has 4 atom stereocenters. The average Bonchev–Trinajstić information content (AvgIpc) is 2.86. The van der Waals surface area contributed by atoms with E-state index in [-0.39, 0.29) is 23.8 Å². The number of benzene rings is 2. The van der Waals surface area contributed by atoms with E-state index in [1.54, 1.807) is 31.7 Å². The Kier molecular flexibility index (Phi) is 11.6. The minimum absolute atomic E-state index is 0.209. The van der Waals surface area contributed by atoms with Crippen molar-refractivity contribution in [1.82, 2.24) is 10.2 Å². The lowest BCUT2D eigenvalue weighted by atomic mass is 9.90. The number of carbonyl (C=O) groups is 3. The summed E-state index contributed by atoms with van der Waals surface area (Å²) in [6.45, 7) is 18.8. The number of rotatable bonds is 10. The second-order valence-corrected chi connectivity index (χ2v) is 12.0. The molecule has 0 aliphatic rings. The molecule has 8 heteroatoms. The summed E-state index contributed by atoms with van der Waals surface area (Å²) >= 11 is 6.48. The first-order chi connectivity index (χ1) is 18.6. The van der Waals surface area contributed by atoms with Gasteiger partial charge in [-0.1, -0.05) is 69.1 Å². The topological polar surface area (TPSA) is 87.7 Å². The third-order valence-corrected chi connectivity index (χ3v) is 7.60. The van der Waals surface area contributed by atoms with E-state index in [1.165, 1.54) is 0 Å². The quantitative estimate of drug-likeness (QED) is 0.309. The average molecular weight is 572 g/mol. The van der Waals surface area contributed by atoms with E-state index in [9.17, 15) is 14.4 Å². The number of para-hydroxylation sites is 1. The van der Waals surface area contributed by atoms with Crippen molar-refractivity contribution in [3.63, 3.8) is 0 Å². The lowest BCUT2D eigenvalue weighted by Crippen LogP contribution is -2.57. The fourth-order valence-corrected chi connectivity index (χ4v) is 4.98. The third-order valence-electron chi connectivity index (χ3n) is 7.28. The molecule has 0 aliphatic carbocycles. The summed E-state index contributed by atoms with van der Waals surface area (Å²) in [4.78, 5) is 43.3. The molecule has 3 amide bonds. The van der Waals surface area contributed by atoms with Gasteiger partial charge in [-0.2, -0.15) is 0 Å². The van der Waals surface area contributed by atoms with Crippen LogP contribution in [0.2, 0.25) is 5.02 Å². The van der Waals surface area contributed by atoms with Crippen LogP contribution in [0.4, 0.5) is 10.5 Å². The van der Waals surface area contributed by atoms with Crippen molar-refractivity contribution in [3.05, 3.63) is 63.7 Å². The molecule has 2 rings (SSSR count). The Hall–Kier alpha value is -3.06. The predicted molar refractivity (Wildman–Crippen MR) is 163 cm³/mol. The predicted octanol–water partition coefficient (Wildman–Crippen LogP) is 7.51. The van der Waals surface area contributed by atoms with Crippen LogP contribution in [0.25, 0.3) is 0 Å². The minimum Gasteiger partial charge on any atom is -0.444 e. The van der Waals surface area contributed by atoms with Crippen molar-refractivity contribution in [3.8, 4) is 0 Å². The molecule has 2 N–H and O–H groups in total. The molecule has 220 valence electrons. The number of aryl methyl sites for hydroxylation is 3. The van der Waals surface area contributed by atoms with Crippen LogP contribution in [0.1, 0.15) is 89.6 Å². The molecule has 0 bridgehead atoms. The Bertz CT molecular complexity index is 1170. The number of ether oxygens (including phenoxy) is 1. The summed E-state index contributed by atoms with van der Waals surface area (Å²) < 4.78 is 5.50. The molecule has 0 heterocycles. The van der Waals surface area contributed by atoms with Gasteiger partial charge in [0.25, 0.3) is 5.91 Å². The molecular weight excluding hydrogens is 526 g/mol. The number of amides is 3. The van der Waals surface area contributed by atoms with Gasteiger partial charge in [-0.25, -0.2) is 4.79 Å². The standard InChI is InChI=1S/C32H46ClN3O4/c1-11-19(3)27(35-31(39)40-32(8,9)10)30(38)36(23(7)12-2)28(25-20(4)15-13-16-21(25)5)29(37)34-26-22(6)17-14-18-24(26)33/h13-19,23,27-28H,11-12H2,1-10H3,(H,34,37)(H,35,39). The van der Waals surface area contributed by atoms with Crippen LogP contribution in [-0.2, 0) is 14.3 Å². The van der Waals surface area contributed by atoms with Crippen LogP contribution in [0.5, 0.6) is 0 Å². The first-order valence-electron chi connectivity index (χ1n) is 14.1. The van der Waals surface area contributed by atoms with Crippen LogP contribution in [0.15, 0.2) is 36.4 Å². The van der Waals surface area contributed by atoms with Gasteiger partial charge in [0.05, 0.1) is 10.7 Å². The molecule has 0 saturated heterocycles. The first kappa shape index (κ1) is 33.1. The fraction of sp³-hybridized carbons (Fsp3) is 0.531. The maximum atomic E-state index is 14.5. The van der Waals surface area contributed by atoms with E-state index < -0.39 is 23.8 Å². The highest BCUT2D eigenvalue weighted by molar-refractivity contribution is 6.34. The van der Waals surface area contributed by atoms with Crippen LogP contribution < -0.4 is 10.6 Å². The van der Waals surface area contributed by atoms with Gasteiger partial charge in [0.15, 0.2) is 0 Å². The highest BCUT2D eigenvalue weighted by Crippen LogP contribution is 2.34. The van der Waals surface area contributed by atoms with Gasteiger partial charge in [-0.15, -0.1) is 0 Å². The van der Waals surface area contributed by atoms with Crippen LogP contribution in [0, 0.1) is 26.7 Å². The number of alkyl carbamates (subject to hydrolysis) is 1. The number of nitrogens with zero attached hydrogens (tertiary/aromatic N) is 1. The molecule has 0 radical (unpaired) electrons. The molecule has 0 fully saturated rings. The van der Waals surface area contributed by atoms with Gasteiger partial charge in [-0.3, -0.25) is 9.59 Å². The summed E-state index contributed by atoms with van der Waals surface area (Å²) in [5.41, 5.74) is 3.11. The fourth-order valence-electron chi connectivity index (χ4n) is 4.71. The maximum absolute atomic E-state index is 14.5. The highest BCUT2D eigenvalue weighted by Gasteiger charge is 2.41. The van der Waals surface area contributed by atoms with Crippen LogP contribution >= 0.6 is 11.6 Å².